The molecule has 160 valence electrons. The molecule has 0 radical (unpaired) electrons. The number of nitrogens with zero attached hydrogens (tertiary/aromatic N) is 4. The molecule has 0 spiro atoms. The number of allylic oxidation sites excluding steroid dienone is 1. The van der Waals surface area contributed by atoms with Crippen LogP contribution in [0, 0.1) is 5.41 Å². The van der Waals surface area contributed by atoms with Crippen LogP contribution in [0.2, 0.25) is 0 Å². The predicted octanol–water partition coefficient (Wildman–Crippen LogP) is 5.93. The largest absolute Gasteiger partial charge is 0.358 e. The van der Waals surface area contributed by atoms with Gasteiger partial charge in [0.25, 0.3) is 0 Å². The topological polar surface area (TPSA) is 95.2 Å². The smallest absolute Gasteiger partial charge is 0.137 e. The van der Waals surface area contributed by atoms with Crippen LogP contribution in [0.3, 0.4) is 0 Å². The van der Waals surface area contributed by atoms with Gasteiger partial charge in [0, 0.05) is 34.4 Å². The first-order valence-electron chi connectivity index (χ1n) is 10.5. The summed E-state index contributed by atoms with van der Waals surface area (Å²) in [5, 5.41) is 13.0. The third-order valence-corrected chi connectivity index (χ3v) is 5.19. The first-order chi connectivity index (χ1) is 15.4. The highest BCUT2D eigenvalue weighted by Crippen LogP contribution is 2.31. The van der Waals surface area contributed by atoms with Gasteiger partial charge in [0.05, 0.1) is 35.0 Å². The minimum atomic E-state index is 0.164. The molecule has 0 aliphatic rings. The molecule has 0 atom stereocenters. The van der Waals surface area contributed by atoms with Crippen molar-refractivity contribution >= 4 is 27.6 Å². The summed E-state index contributed by atoms with van der Waals surface area (Å²) in [6.45, 7) is 10.7. The summed E-state index contributed by atoms with van der Waals surface area (Å²) in [5.41, 5.74) is 7.23. The van der Waals surface area contributed by atoms with Crippen molar-refractivity contribution < 1.29 is 0 Å². The zero-order chi connectivity index (χ0) is 22.3. The molecular formula is C25H25N7. The van der Waals surface area contributed by atoms with Gasteiger partial charge in [0.15, 0.2) is 0 Å². The van der Waals surface area contributed by atoms with E-state index in [1.54, 1.807) is 18.6 Å². The summed E-state index contributed by atoms with van der Waals surface area (Å²) in [4.78, 5) is 16.8. The lowest BCUT2D eigenvalue weighted by Gasteiger charge is -2.20. The minimum absolute atomic E-state index is 0.164. The van der Waals surface area contributed by atoms with Crippen molar-refractivity contribution in [1.82, 2.24) is 30.1 Å². The average molecular weight is 424 g/mol. The van der Waals surface area contributed by atoms with Crippen LogP contribution in [-0.4, -0.2) is 30.1 Å². The van der Waals surface area contributed by atoms with Crippen molar-refractivity contribution in [2.24, 2.45) is 5.41 Å². The molecule has 32 heavy (non-hydrogen) atoms. The van der Waals surface area contributed by atoms with Crippen LogP contribution in [0.4, 0.5) is 5.69 Å². The van der Waals surface area contributed by atoms with Crippen LogP contribution in [0.25, 0.3) is 44.6 Å². The third-order valence-electron chi connectivity index (χ3n) is 5.19. The van der Waals surface area contributed by atoms with Crippen LogP contribution in [0.1, 0.15) is 27.2 Å². The molecule has 0 fully saturated rings. The molecule has 7 nitrogen and oxygen atoms in total. The Bertz CT molecular complexity index is 1400. The van der Waals surface area contributed by atoms with Gasteiger partial charge in [-0.2, -0.15) is 5.10 Å². The number of rotatable bonds is 5. The van der Waals surface area contributed by atoms with Gasteiger partial charge in [-0.25, -0.2) is 4.98 Å². The van der Waals surface area contributed by atoms with Gasteiger partial charge in [-0.1, -0.05) is 27.4 Å². The first kappa shape index (κ1) is 19.9. The fourth-order valence-electron chi connectivity index (χ4n) is 3.90. The quantitative estimate of drug-likeness (QED) is 0.326. The van der Waals surface area contributed by atoms with Crippen LogP contribution in [0.5, 0.6) is 0 Å². The van der Waals surface area contributed by atoms with Crippen LogP contribution < -0.4 is 5.32 Å². The number of hydrogen-bond acceptors (Lipinski definition) is 5. The molecule has 5 aromatic heterocycles. The lowest BCUT2D eigenvalue weighted by Crippen LogP contribution is -2.10. The standard InChI is InChI=1S/C25H25N7/c1-15(11-25(2,3)4)29-18-8-17(12-26-13-18)20-10-19-22(14-28-20)31-32-23(19)21-9-16-6-5-7-27-24(16)30-21/h5-10,12-14,29H,1,11H2,2-4H3,(H,27,30)(H,31,32). The van der Waals surface area contributed by atoms with E-state index in [0.29, 0.717) is 0 Å². The van der Waals surface area contributed by atoms with Gasteiger partial charge in [-0.3, -0.25) is 15.1 Å². The number of pyridine rings is 3. The molecule has 0 aromatic carbocycles. The Morgan fingerprint density at radius 3 is 2.78 bits per heavy atom. The van der Waals surface area contributed by atoms with E-state index >= 15 is 0 Å². The number of nitrogens with one attached hydrogen (secondary N) is 3. The number of aromatic nitrogens is 6. The maximum absolute atomic E-state index is 4.62. The van der Waals surface area contributed by atoms with Gasteiger partial charge in [-0.15, -0.1) is 0 Å². The molecule has 0 aliphatic carbocycles. The van der Waals surface area contributed by atoms with Gasteiger partial charge < -0.3 is 10.3 Å². The molecule has 5 rings (SSSR count). The van der Waals surface area contributed by atoms with E-state index in [2.05, 4.69) is 68.9 Å². The van der Waals surface area contributed by atoms with Crippen molar-refractivity contribution in [3.8, 4) is 22.6 Å². The van der Waals surface area contributed by atoms with Gasteiger partial charge in [0.2, 0.25) is 0 Å². The van der Waals surface area contributed by atoms with Gasteiger partial charge in [0.1, 0.15) is 11.3 Å². The van der Waals surface area contributed by atoms with Crippen LogP contribution >= 0.6 is 0 Å². The molecule has 0 saturated carbocycles. The average Bonchev–Trinajstić information content (AvgIpc) is 3.35. The SMILES string of the molecule is C=C(CC(C)(C)C)Nc1cncc(-c2cc3c(-c4cc5cccnc5[nH]4)n[nH]c3cn2)c1. The van der Waals surface area contributed by atoms with Crippen LogP contribution in [-0.2, 0) is 0 Å². The summed E-state index contributed by atoms with van der Waals surface area (Å²) in [6.07, 6.45) is 8.08. The number of anilines is 1. The number of fused-ring (bicyclic) bond motifs is 2. The number of aromatic amines is 2. The highest BCUT2D eigenvalue weighted by Gasteiger charge is 2.15. The Kier molecular flexibility index (Phi) is 4.74. The second kappa shape index (κ2) is 7.60. The summed E-state index contributed by atoms with van der Waals surface area (Å²) < 4.78 is 0. The van der Waals surface area contributed by atoms with Gasteiger partial charge in [-0.05, 0) is 42.2 Å². The Hall–Kier alpha value is -4.00. The Labute approximate surface area is 186 Å². The lowest BCUT2D eigenvalue weighted by molar-refractivity contribution is 0.411. The van der Waals surface area contributed by atoms with E-state index in [1.807, 2.05) is 30.5 Å². The van der Waals surface area contributed by atoms with Crippen molar-refractivity contribution in [2.75, 3.05) is 5.32 Å². The molecular weight excluding hydrogens is 398 g/mol. The van der Waals surface area contributed by atoms with E-state index in [9.17, 15) is 0 Å². The van der Waals surface area contributed by atoms with E-state index in [-0.39, 0.29) is 5.41 Å². The van der Waals surface area contributed by atoms with Crippen molar-refractivity contribution in [2.45, 2.75) is 27.2 Å². The fraction of sp³-hybridized carbons (Fsp3) is 0.200. The maximum atomic E-state index is 4.62. The molecule has 0 bridgehead atoms. The second-order valence-electron chi connectivity index (χ2n) is 9.24. The second-order valence-corrected chi connectivity index (χ2v) is 9.24. The molecule has 3 N–H and O–H groups in total. The number of H-pyrrole nitrogens is 2. The summed E-state index contributed by atoms with van der Waals surface area (Å²) in [5.74, 6) is 0. The van der Waals surface area contributed by atoms with Crippen molar-refractivity contribution in [3.63, 3.8) is 0 Å². The Morgan fingerprint density at radius 2 is 1.97 bits per heavy atom. The highest BCUT2D eigenvalue weighted by molar-refractivity contribution is 5.96. The molecule has 0 unspecified atom stereocenters. The summed E-state index contributed by atoms with van der Waals surface area (Å²) in [7, 11) is 0. The Balaban J connectivity index is 1.49. The zero-order valence-corrected chi connectivity index (χ0v) is 18.4. The monoisotopic (exact) mass is 423 g/mol. The van der Waals surface area contributed by atoms with Gasteiger partial charge >= 0.3 is 0 Å². The van der Waals surface area contributed by atoms with E-state index < -0.39 is 0 Å². The molecule has 5 aromatic rings. The lowest BCUT2D eigenvalue weighted by atomic mass is 9.91. The van der Waals surface area contributed by atoms with E-state index in [4.69, 9.17) is 0 Å². The normalized spacial score (nSPS) is 11.8. The number of hydrogen-bond donors (Lipinski definition) is 3. The fourth-order valence-corrected chi connectivity index (χ4v) is 3.90. The van der Waals surface area contributed by atoms with Crippen molar-refractivity contribution in [1.29, 1.82) is 0 Å². The first-order valence-corrected chi connectivity index (χ1v) is 10.5. The predicted molar refractivity (Wildman–Crippen MR) is 129 cm³/mol. The summed E-state index contributed by atoms with van der Waals surface area (Å²) in [6, 6.07) is 10.1. The molecule has 5 heterocycles. The molecule has 7 heteroatoms. The van der Waals surface area contributed by atoms with Crippen LogP contribution in [0.15, 0.2) is 67.4 Å². The molecule has 0 aliphatic heterocycles. The van der Waals surface area contributed by atoms with E-state index in [0.717, 1.165) is 62.4 Å². The van der Waals surface area contributed by atoms with E-state index in [1.165, 1.54) is 0 Å². The highest BCUT2D eigenvalue weighted by atomic mass is 15.1. The third kappa shape index (κ3) is 3.97. The zero-order valence-electron chi connectivity index (χ0n) is 18.4. The Morgan fingerprint density at radius 1 is 1.09 bits per heavy atom. The maximum Gasteiger partial charge on any atom is 0.137 e. The molecule has 0 amide bonds. The summed E-state index contributed by atoms with van der Waals surface area (Å²) >= 11 is 0. The minimum Gasteiger partial charge on any atom is -0.358 e. The van der Waals surface area contributed by atoms with Crippen molar-refractivity contribution in [3.05, 3.63) is 67.4 Å². The molecule has 0 saturated heterocycles.